The van der Waals surface area contributed by atoms with E-state index in [1.54, 1.807) is 0 Å². The number of hydrogen-bond donors (Lipinski definition) is 2. The van der Waals surface area contributed by atoms with Gasteiger partial charge in [-0.3, -0.25) is 4.79 Å². The predicted molar refractivity (Wildman–Crippen MR) is 79.7 cm³/mol. The van der Waals surface area contributed by atoms with Crippen molar-refractivity contribution in [3.63, 3.8) is 0 Å². The predicted octanol–water partition coefficient (Wildman–Crippen LogP) is 2.01. The average Bonchev–Trinajstić information content (AvgIpc) is 3.24. The second kappa shape index (κ2) is 7.29. The molecule has 20 heavy (non-hydrogen) atoms. The van der Waals surface area contributed by atoms with Gasteiger partial charge in [0, 0.05) is 12.1 Å². The molecule has 1 aliphatic rings. The van der Waals surface area contributed by atoms with Gasteiger partial charge in [-0.15, -0.1) is 0 Å². The smallest absolute Gasteiger partial charge is 0.223 e. The van der Waals surface area contributed by atoms with E-state index in [1.165, 1.54) is 5.56 Å². The van der Waals surface area contributed by atoms with E-state index in [9.17, 15) is 4.79 Å². The highest BCUT2D eigenvalue weighted by molar-refractivity contribution is 5.76. The van der Waals surface area contributed by atoms with E-state index >= 15 is 0 Å². The highest BCUT2D eigenvalue weighted by Gasteiger charge is 2.22. The zero-order chi connectivity index (χ0) is 14.4. The Labute approximate surface area is 120 Å². The normalized spacial score (nSPS) is 15.7. The van der Waals surface area contributed by atoms with Gasteiger partial charge >= 0.3 is 0 Å². The molecular formula is C16H24N2O2. The van der Waals surface area contributed by atoms with Crippen molar-refractivity contribution in [2.75, 3.05) is 6.61 Å². The van der Waals surface area contributed by atoms with Gasteiger partial charge in [0.1, 0.15) is 5.75 Å². The van der Waals surface area contributed by atoms with Crippen LogP contribution in [0.3, 0.4) is 0 Å². The van der Waals surface area contributed by atoms with Gasteiger partial charge in [-0.05, 0) is 43.4 Å². The summed E-state index contributed by atoms with van der Waals surface area (Å²) in [6.07, 6.45) is 4.52. The molecule has 4 nitrogen and oxygen atoms in total. The number of benzene rings is 1. The van der Waals surface area contributed by atoms with E-state index in [1.807, 2.05) is 24.3 Å². The highest BCUT2D eigenvalue weighted by atomic mass is 16.5. The van der Waals surface area contributed by atoms with Crippen molar-refractivity contribution in [1.29, 1.82) is 0 Å². The Morgan fingerprint density at radius 2 is 2.10 bits per heavy atom. The molecule has 1 aromatic rings. The fourth-order valence-electron chi connectivity index (χ4n) is 1.96. The van der Waals surface area contributed by atoms with Crippen LogP contribution in [0.2, 0.25) is 0 Å². The maximum atomic E-state index is 11.5. The van der Waals surface area contributed by atoms with E-state index in [4.69, 9.17) is 10.5 Å². The lowest BCUT2D eigenvalue weighted by atomic mass is 10.0. The molecule has 1 unspecified atom stereocenters. The first-order valence-corrected chi connectivity index (χ1v) is 7.44. The van der Waals surface area contributed by atoms with Crippen molar-refractivity contribution in [3.8, 4) is 5.75 Å². The zero-order valence-electron chi connectivity index (χ0n) is 12.1. The van der Waals surface area contributed by atoms with Crippen LogP contribution in [-0.4, -0.2) is 24.6 Å². The SMILES string of the molecule is CCC(N)Cc1ccc(OCCC(=O)NC2CC2)cc1. The lowest BCUT2D eigenvalue weighted by Crippen LogP contribution is -2.26. The van der Waals surface area contributed by atoms with Gasteiger partial charge in [0.15, 0.2) is 0 Å². The van der Waals surface area contributed by atoms with Crippen LogP contribution in [0.1, 0.15) is 38.2 Å². The fourth-order valence-corrected chi connectivity index (χ4v) is 1.96. The Bertz CT molecular complexity index is 427. The molecule has 1 atom stereocenters. The van der Waals surface area contributed by atoms with Crippen molar-refractivity contribution in [3.05, 3.63) is 29.8 Å². The van der Waals surface area contributed by atoms with Gasteiger partial charge in [0.05, 0.1) is 13.0 Å². The Kier molecular flexibility index (Phi) is 5.41. The molecule has 0 bridgehead atoms. The molecule has 0 heterocycles. The van der Waals surface area contributed by atoms with Crippen molar-refractivity contribution < 1.29 is 9.53 Å². The van der Waals surface area contributed by atoms with Crippen LogP contribution in [0.15, 0.2) is 24.3 Å². The van der Waals surface area contributed by atoms with Crippen molar-refractivity contribution >= 4 is 5.91 Å². The van der Waals surface area contributed by atoms with E-state index in [2.05, 4.69) is 12.2 Å². The third-order valence-electron chi connectivity index (χ3n) is 3.49. The largest absolute Gasteiger partial charge is 0.493 e. The summed E-state index contributed by atoms with van der Waals surface area (Å²) in [5.74, 6) is 0.885. The van der Waals surface area contributed by atoms with Crippen LogP contribution in [-0.2, 0) is 11.2 Å². The summed E-state index contributed by atoms with van der Waals surface area (Å²) in [6.45, 7) is 2.52. The molecule has 0 aliphatic heterocycles. The molecule has 1 saturated carbocycles. The first-order chi connectivity index (χ1) is 9.67. The Hall–Kier alpha value is -1.55. The Morgan fingerprint density at radius 3 is 2.70 bits per heavy atom. The Morgan fingerprint density at radius 1 is 1.40 bits per heavy atom. The quantitative estimate of drug-likeness (QED) is 0.763. The number of nitrogens with one attached hydrogen (secondary N) is 1. The lowest BCUT2D eigenvalue weighted by Gasteiger charge is -2.10. The topological polar surface area (TPSA) is 64.3 Å². The molecule has 0 spiro atoms. The maximum absolute atomic E-state index is 11.5. The van der Waals surface area contributed by atoms with Crippen molar-refractivity contribution in [2.24, 2.45) is 5.73 Å². The van der Waals surface area contributed by atoms with Crippen LogP contribution in [0.25, 0.3) is 0 Å². The van der Waals surface area contributed by atoms with Crippen molar-refractivity contribution in [2.45, 2.75) is 51.1 Å². The zero-order valence-corrected chi connectivity index (χ0v) is 12.1. The molecule has 1 amide bonds. The second-order valence-corrected chi connectivity index (χ2v) is 5.46. The molecule has 1 aliphatic carbocycles. The number of rotatable bonds is 8. The lowest BCUT2D eigenvalue weighted by molar-refractivity contribution is -0.121. The van der Waals surface area contributed by atoms with Crippen LogP contribution in [0.5, 0.6) is 5.75 Å². The number of carbonyl (C=O) groups excluding carboxylic acids is 1. The van der Waals surface area contributed by atoms with Crippen LogP contribution < -0.4 is 15.8 Å². The Balaban J connectivity index is 1.68. The van der Waals surface area contributed by atoms with Crippen LogP contribution in [0, 0.1) is 0 Å². The van der Waals surface area contributed by atoms with Crippen LogP contribution in [0.4, 0.5) is 0 Å². The minimum Gasteiger partial charge on any atom is -0.493 e. The van der Waals surface area contributed by atoms with Crippen molar-refractivity contribution in [1.82, 2.24) is 5.32 Å². The van der Waals surface area contributed by atoms with Gasteiger partial charge in [-0.2, -0.15) is 0 Å². The number of nitrogens with two attached hydrogens (primary N) is 1. The fraction of sp³-hybridized carbons (Fsp3) is 0.562. The third-order valence-corrected chi connectivity index (χ3v) is 3.49. The summed E-state index contributed by atoms with van der Waals surface area (Å²) >= 11 is 0. The average molecular weight is 276 g/mol. The first kappa shape index (κ1) is 14.9. The summed E-state index contributed by atoms with van der Waals surface area (Å²) < 4.78 is 5.57. The molecule has 1 aromatic carbocycles. The number of ether oxygens (including phenoxy) is 1. The summed E-state index contributed by atoms with van der Waals surface area (Å²) in [7, 11) is 0. The summed E-state index contributed by atoms with van der Waals surface area (Å²) in [5, 5.41) is 2.94. The van der Waals surface area contributed by atoms with Gasteiger partial charge in [-0.1, -0.05) is 19.1 Å². The summed E-state index contributed by atoms with van der Waals surface area (Å²) in [4.78, 5) is 11.5. The number of carbonyl (C=O) groups is 1. The minimum absolute atomic E-state index is 0.0815. The molecular weight excluding hydrogens is 252 g/mol. The molecule has 0 radical (unpaired) electrons. The minimum atomic E-state index is 0.0815. The third kappa shape index (κ3) is 5.21. The monoisotopic (exact) mass is 276 g/mol. The number of amides is 1. The standard InChI is InChI=1S/C16H24N2O2/c1-2-13(17)11-12-3-7-15(8-4-12)20-10-9-16(19)18-14-5-6-14/h3-4,7-8,13-14H,2,5-6,9-11,17H2,1H3,(H,18,19). The second-order valence-electron chi connectivity index (χ2n) is 5.46. The molecule has 4 heteroatoms. The van der Waals surface area contributed by atoms with Gasteiger partial charge in [0.25, 0.3) is 0 Å². The van der Waals surface area contributed by atoms with Crippen LogP contribution >= 0.6 is 0 Å². The first-order valence-electron chi connectivity index (χ1n) is 7.44. The van der Waals surface area contributed by atoms with E-state index in [0.717, 1.165) is 31.4 Å². The van der Waals surface area contributed by atoms with E-state index < -0.39 is 0 Å². The maximum Gasteiger partial charge on any atom is 0.223 e. The molecule has 2 rings (SSSR count). The van der Waals surface area contributed by atoms with Gasteiger partial charge in [0.2, 0.25) is 5.91 Å². The van der Waals surface area contributed by atoms with E-state index in [-0.39, 0.29) is 11.9 Å². The summed E-state index contributed by atoms with van der Waals surface area (Å²) in [5.41, 5.74) is 7.15. The van der Waals surface area contributed by atoms with Gasteiger partial charge < -0.3 is 15.8 Å². The molecule has 110 valence electrons. The van der Waals surface area contributed by atoms with Gasteiger partial charge in [-0.25, -0.2) is 0 Å². The molecule has 1 fully saturated rings. The molecule has 0 saturated heterocycles. The highest BCUT2D eigenvalue weighted by Crippen LogP contribution is 2.18. The van der Waals surface area contributed by atoms with E-state index in [0.29, 0.717) is 19.1 Å². The number of hydrogen-bond acceptors (Lipinski definition) is 3. The summed E-state index contributed by atoms with van der Waals surface area (Å²) in [6, 6.07) is 8.59. The molecule has 0 aromatic heterocycles. The molecule has 3 N–H and O–H groups in total.